The van der Waals surface area contributed by atoms with E-state index in [4.69, 9.17) is 4.42 Å². The highest BCUT2D eigenvalue weighted by atomic mass is 32.2. The molecule has 0 bridgehead atoms. The molecule has 0 saturated carbocycles. The third-order valence-electron chi connectivity index (χ3n) is 6.50. The lowest BCUT2D eigenvalue weighted by Gasteiger charge is -2.21. The second-order valence-electron chi connectivity index (χ2n) is 10.2. The summed E-state index contributed by atoms with van der Waals surface area (Å²) in [5, 5.41) is 0.674. The fourth-order valence-corrected chi connectivity index (χ4v) is 4.98. The summed E-state index contributed by atoms with van der Waals surface area (Å²) in [6, 6.07) is 7.34. The molecule has 0 aliphatic carbocycles. The van der Waals surface area contributed by atoms with E-state index in [2.05, 4.69) is 25.8 Å². The highest BCUT2D eigenvalue weighted by Gasteiger charge is 2.32. The van der Waals surface area contributed by atoms with Gasteiger partial charge >= 0.3 is 0 Å². The molecule has 182 valence electrons. The zero-order valence-corrected chi connectivity index (χ0v) is 21.0. The SMILES string of the molecule is CN(C[C@H]1CCN(C(=O)c2coc3c(C(C)(C)C)cc(-c4ccc[nH]c4=O)cc23)C1)S(C)(=O)=O. The summed E-state index contributed by atoms with van der Waals surface area (Å²) in [7, 11) is -1.71. The number of hydrogen-bond donors (Lipinski definition) is 1. The summed E-state index contributed by atoms with van der Waals surface area (Å²) in [5.41, 5.74) is 2.78. The van der Waals surface area contributed by atoms with E-state index in [-0.39, 0.29) is 22.8 Å². The minimum Gasteiger partial charge on any atom is -0.463 e. The molecule has 1 aliphatic heterocycles. The van der Waals surface area contributed by atoms with Crippen molar-refractivity contribution in [2.75, 3.05) is 32.9 Å². The van der Waals surface area contributed by atoms with E-state index in [1.54, 1.807) is 30.3 Å². The minimum atomic E-state index is -3.27. The number of benzene rings is 1. The average molecular weight is 486 g/mol. The zero-order valence-electron chi connectivity index (χ0n) is 20.2. The number of H-pyrrole nitrogens is 1. The van der Waals surface area contributed by atoms with Crippen molar-refractivity contribution in [1.82, 2.24) is 14.2 Å². The number of fused-ring (bicyclic) bond motifs is 1. The maximum Gasteiger partial charge on any atom is 0.257 e. The summed E-state index contributed by atoms with van der Waals surface area (Å²) in [4.78, 5) is 30.4. The molecule has 3 aromatic rings. The van der Waals surface area contributed by atoms with Crippen molar-refractivity contribution >= 4 is 26.9 Å². The van der Waals surface area contributed by atoms with Crippen LogP contribution in [-0.4, -0.2) is 61.5 Å². The molecule has 2 aromatic heterocycles. The fraction of sp³-hybridized carbons (Fsp3) is 0.440. The first kappa shape index (κ1) is 24.2. The number of aromatic amines is 1. The van der Waals surface area contributed by atoms with Crippen molar-refractivity contribution in [2.45, 2.75) is 32.6 Å². The molecule has 1 saturated heterocycles. The Morgan fingerprint density at radius 3 is 2.68 bits per heavy atom. The average Bonchev–Trinajstić information content (AvgIpc) is 3.38. The Kier molecular flexibility index (Phi) is 6.20. The molecule has 0 spiro atoms. The molecule has 1 aliphatic rings. The molecule has 4 rings (SSSR count). The number of hydrogen-bond acceptors (Lipinski definition) is 5. The summed E-state index contributed by atoms with van der Waals surface area (Å²) < 4.78 is 30.8. The van der Waals surface area contributed by atoms with Gasteiger partial charge in [0.1, 0.15) is 11.8 Å². The summed E-state index contributed by atoms with van der Waals surface area (Å²) in [5.74, 6) is -0.0762. The summed E-state index contributed by atoms with van der Waals surface area (Å²) in [6.45, 7) is 7.60. The lowest BCUT2D eigenvalue weighted by Crippen LogP contribution is -2.33. The molecule has 8 nitrogen and oxygen atoms in total. The molecule has 0 radical (unpaired) electrons. The number of sulfonamides is 1. The highest BCUT2D eigenvalue weighted by molar-refractivity contribution is 7.88. The smallest absolute Gasteiger partial charge is 0.257 e. The van der Waals surface area contributed by atoms with Gasteiger partial charge in [-0.1, -0.05) is 20.8 Å². The number of amides is 1. The first-order chi connectivity index (χ1) is 15.9. The number of rotatable bonds is 5. The zero-order chi connectivity index (χ0) is 24.8. The minimum absolute atomic E-state index is 0.0745. The molecular formula is C25H31N3O5S. The Morgan fingerprint density at radius 2 is 2.03 bits per heavy atom. The van der Waals surface area contributed by atoms with E-state index < -0.39 is 10.0 Å². The van der Waals surface area contributed by atoms with Gasteiger partial charge in [0.15, 0.2) is 0 Å². The summed E-state index contributed by atoms with van der Waals surface area (Å²) in [6.07, 6.45) is 5.01. The van der Waals surface area contributed by atoms with Crippen LogP contribution >= 0.6 is 0 Å². The third kappa shape index (κ3) is 4.67. The van der Waals surface area contributed by atoms with Gasteiger partial charge in [0.25, 0.3) is 11.5 Å². The normalized spacial score (nSPS) is 17.1. The van der Waals surface area contributed by atoms with Crippen molar-refractivity contribution in [3.63, 3.8) is 0 Å². The molecule has 1 amide bonds. The van der Waals surface area contributed by atoms with Crippen LogP contribution in [0.25, 0.3) is 22.1 Å². The number of furan rings is 1. The topological polar surface area (TPSA) is 104 Å². The first-order valence-electron chi connectivity index (χ1n) is 11.3. The fourth-order valence-electron chi connectivity index (χ4n) is 4.50. The van der Waals surface area contributed by atoms with Crippen LogP contribution in [0.5, 0.6) is 0 Å². The molecule has 1 aromatic carbocycles. The van der Waals surface area contributed by atoms with E-state index in [9.17, 15) is 18.0 Å². The van der Waals surface area contributed by atoms with Gasteiger partial charge in [0.2, 0.25) is 10.0 Å². The highest BCUT2D eigenvalue weighted by Crippen LogP contribution is 2.37. The van der Waals surface area contributed by atoms with E-state index >= 15 is 0 Å². The number of aromatic nitrogens is 1. The van der Waals surface area contributed by atoms with E-state index in [1.165, 1.54) is 16.8 Å². The van der Waals surface area contributed by atoms with Crippen molar-refractivity contribution in [1.29, 1.82) is 0 Å². The maximum atomic E-state index is 13.5. The van der Waals surface area contributed by atoms with Crippen LogP contribution in [-0.2, 0) is 15.4 Å². The van der Waals surface area contributed by atoms with Crippen LogP contribution in [0.1, 0.15) is 43.1 Å². The molecule has 1 atom stereocenters. The van der Waals surface area contributed by atoms with Gasteiger partial charge in [-0.05, 0) is 47.6 Å². The molecule has 9 heteroatoms. The van der Waals surface area contributed by atoms with Gasteiger partial charge < -0.3 is 14.3 Å². The van der Waals surface area contributed by atoms with Gasteiger partial charge in [0, 0.05) is 49.4 Å². The number of nitrogens with zero attached hydrogens (tertiary/aromatic N) is 2. The Balaban J connectivity index is 1.71. The van der Waals surface area contributed by atoms with Gasteiger partial charge in [-0.25, -0.2) is 12.7 Å². The number of pyridine rings is 1. The van der Waals surface area contributed by atoms with Gasteiger partial charge in [-0.3, -0.25) is 9.59 Å². The van der Waals surface area contributed by atoms with Crippen LogP contribution in [0, 0.1) is 5.92 Å². The first-order valence-corrected chi connectivity index (χ1v) is 13.2. The number of likely N-dealkylation sites (tertiary alicyclic amines) is 1. The molecule has 0 unspecified atom stereocenters. The van der Waals surface area contributed by atoms with Crippen molar-refractivity contribution < 1.29 is 17.6 Å². The van der Waals surface area contributed by atoms with Crippen LogP contribution in [0.15, 0.2) is 45.9 Å². The van der Waals surface area contributed by atoms with Crippen LogP contribution in [0.2, 0.25) is 0 Å². The second kappa shape index (κ2) is 8.70. The van der Waals surface area contributed by atoms with E-state index in [0.717, 1.165) is 17.5 Å². The molecule has 1 N–H and O–H groups in total. The quantitative estimate of drug-likeness (QED) is 0.596. The van der Waals surface area contributed by atoms with Crippen molar-refractivity contribution in [3.05, 3.63) is 58.2 Å². The van der Waals surface area contributed by atoms with Crippen LogP contribution in [0.3, 0.4) is 0 Å². The number of nitrogens with one attached hydrogen (secondary N) is 1. The largest absolute Gasteiger partial charge is 0.463 e. The molecule has 3 heterocycles. The van der Waals surface area contributed by atoms with E-state index in [0.29, 0.717) is 41.7 Å². The standard InChI is InChI=1S/C25H31N3O5S/c1-25(2,3)21-12-17(18-7-6-9-26-23(18)29)11-19-20(15-33-22(19)21)24(30)28-10-8-16(14-28)13-27(4)34(5,31)32/h6-7,9,11-12,15-16H,8,10,13-14H2,1-5H3,(H,26,29)/t16-/m1/s1. The van der Waals surface area contributed by atoms with Crippen LogP contribution in [0.4, 0.5) is 0 Å². The maximum absolute atomic E-state index is 13.5. The number of carbonyl (C=O) groups excluding carboxylic acids is 1. The molecule has 34 heavy (non-hydrogen) atoms. The Hall–Kier alpha value is -2.91. The van der Waals surface area contributed by atoms with Crippen LogP contribution < -0.4 is 5.56 Å². The lowest BCUT2D eigenvalue weighted by molar-refractivity contribution is 0.0787. The third-order valence-corrected chi connectivity index (χ3v) is 7.78. The van der Waals surface area contributed by atoms with Gasteiger partial charge in [0.05, 0.1) is 11.8 Å². The number of carbonyl (C=O) groups is 1. The monoisotopic (exact) mass is 485 g/mol. The Labute approximate surface area is 199 Å². The second-order valence-corrected chi connectivity index (χ2v) is 12.3. The van der Waals surface area contributed by atoms with E-state index in [1.807, 2.05) is 12.1 Å². The lowest BCUT2D eigenvalue weighted by atomic mass is 9.84. The van der Waals surface area contributed by atoms with Gasteiger partial charge in [-0.15, -0.1) is 0 Å². The van der Waals surface area contributed by atoms with Gasteiger partial charge in [-0.2, -0.15) is 0 Å². The predicted octanol–water partition coefficient (Wildman–Crippen LogP) is 3.44. The Bertz CT molecular complexity index is 1400. The summed E-state index contributed by atoms with van der Waals surface area (Å²) >= 11 is 0. The van der Waals surface area contributed by atoms with Crippen molar-refractivity contribution in [2.24, 2.45) is 5.92 Å². The molecular weight excluding hydrogens is 454 g/mol. The Morgan fingerprint density at radius 1 is 1.29 bits per heavy atom. The van der Waals surface area contributed by atoms with Crippen molar-refractivity contribution in [3.8, 4) is 11.1 Å². The molecule has 1 fully saturated rings. The predicted molar refractivity (Wildman–Crippen MR) is 132 cm³/mol.